The Labute approximate surface area is 171 Å². The van der Waals surface area contributed by atoms with Gasteiger partial charge in [0.1, 0.15) is 17.2 Å². The number of imidazole rings is 1. The van der Waals surface area contributed by atoms with Gasteiger partial charge in [0.15, 0.2) is 5.69 Å². The number of amides is 1. The summed E-state index contributed by atoms with van der Waals surface area (Å²) in [6, 6.07) is 6.99. The maximum Gasteiger partial charge on any atom is 0.434 e. The van der Waals surface area contributed by atoms with Crippen LogP contribution in [0.3, 0.4) is 0 Å². The van der Waals surface area contributed by atoms with Crippen molar-refractivity contribution in [2.45, 2.75) is 43.9 Å². The van der Waals surface area contributed by atoms with Gasteiger partial charge in [0.25, 0.3) is 5.91 Å². The Morgan fingerprint density at radius 2 is 1.93 bits per heavy atom. The number of carbonyl (C=O) groups excluding carboxylic acids is 1. The number of nitrogens with zero attached hydrogens (tertiary/aromatic N) is 5. The van der Waals surface area contributed by atoms with E-state index in [0.29, 0.717) is 11.5 Å². The second-order valence-corrected chi connectivity index (χ2v) is 7.67. The van der Waals surface area contributed by atoms with Crippen LogP contribution in [-0.2, 0) is 13.2 Å². The van der Waals surface area contributed by atoms with Crippen molar-refractivity contribution in [3.63, 3.8) is 0 Å². The van der Waals surface area contributed by atoms with E-state index in [4.69, 9.17) is 0 Å². The van der Waals surface area contributed by atoms with E-state index in [-0.39, 0.29) is 23.6 Å². The molecule has 0 unspecified atom stereocenters. The molecule has 3 aromatic rings. The molecule has 1 aliphatic carbocycles. The molecule has 1 fully saturated rings. The van der Waals surface area contributed by atoms with Gasteiger partial charge >= 0.3 is 6.18 Å². The Hall–Kier alpha value is -3.04. The highest BCUT2D eigenvalue weighted by Gasteiger charge is 2.34. The number of aromatic nitrogens is 4. The van der Waals surface area contributed by atoms with Gasteiger partial charge in [0, 0.05) is 38.6 Å². The Morgan fingerprint density at radius 1 is 1.20 bits per heavy atom. The van der Waals surface area contributed by atoms with Gasteiger partial charge in [-0.25, -0.2) is 4.98 Å². The molecule has 0 saturated heterocycles. The average molecular weight is 420 g/mol. The molecule has 3 heterocycles. The lowest BCUT2D eigenvalue weighted by Crippen LogP contribution is -2.43. The minimum Gasteiger partial charge on any atom is -0.358 e. The van der Waals surface area contributed by atoms with E-state index >= 15 is 0 Å². The molecule has 30 heavy (non-hydrogen) atoms. The summed E-state index contributed by atoms with van der Waals surface area (Å²) in [4.78, 5) is 18.1. The zero-order valence-electron chi connectivity index (χ0n) is 16.7. The fourth-order valence-electron chi connectivity index (χ4n) is 4.07. The molecule has 0 spiro atoms. The molecule has 7 nitrogen and oxygen atoms in total. The van der Waals surface area contributed by atoms with Gasteiger partial charge in [-0.3, -0.25) is 13.9 Å². The number of nitrogens with one attached hydrogen (secondary N) is 1. The van der Waals surface area contributed by atoms with Crippen molar-refractivity contribution in [3.8, 4) is 0 Å². The van der Waals surface area contributed by atoms with Crippen molar-refractivity contribution >= 4 is 17.4 Å². The second kappa shape index (κ2) is 7.66. The zero-order valence-corrected chi connectivity index (χ0v) is 16.7. The quantitative estimate of drug-likeness (QED) is 0.704. The number of carbonyl (C=O) groups is 1. The Kier molecular flexibility index (Phi) is 5.17. The molecule has 1 aliphatic rings. The molecule has 0 aliphatic heterocycles. The molecule has 4 rings (SSSR count). The first-order valence-corrected chi connectivity index (χ1v) is 9.81. The number of alkyl halides is 3. The lowest BCUT2D eigenvalue weighted by Gasteiger charge is -2.36. The molecular weight excluding hydrogens is 397 g/mol. The van der Waals surface area contributed by atoms with Crippen LogP contribution in [0.25, 0.3) is 5.65 Å². The Morgan fingerprint density at radius 3 is 2.57 bits per heavy atom. The van der Waals surface area contributed by atoms with Crippen molar-refractivity contribution in [3.05, 3.63) is 48.0 Å². The summed E-state index contributed by atoms with van der Waals surface area (Å²) >= 11 is 0. The molecule has 0 bridgehead atoms. The summed E-state index contributed by atoms with van der Waals surface area (Å²) < 4.78 is 42.2. The first-order chi connectivity index (χ1) is 14.2. The summed E-state index contributed by atoms with van der Waals surface area (Å²) in [6.45, 7) is 0. The minimum atomic E-state index is -4.48. The van der Waals surface area contributed by atoms with E-state index in [2.05, 4.69) is 15.4 Å². The molecule has 1 amide bonds. The lowest BCUT2D eigenvalue weighted by molar-refractivity contribution is -0.140. The molecule has 160 valence electrons. The molecule has 1 saturated carbocycles. The third kappa shape index (κ3) is 3.86. The third-order valence-corrected chi connectivity index (χ3v) is 5.76. The maximum atomic E-state index is 13.1. The molecule has 10 heteroatoms. The zero-order chi connectivity index (χ0) is 21.5. The van der Waals surface area contributed by atoms with Gasteiger partial charge in [0.2, 0.25) is 0 Å². The van der Waals surface area contributed by atoms with Crippen LogP contribution < -0.4 is 10.2 Å². The standard InChI is InChI=1S/C20H23F3N6O/c1-27(18-5-3-4-17-26-16(12-29(17)18)20(21,22)23)14-8-6-13(7-9-14)25-19(30)15-10-11-24-28(15)2/h3-5,10-14H,6-9H2,1-2H3,(H,25,30)/t13-,14+. The van der Waals surface area contributed by atoms with Gasteiger partial charge < -0.3 is 10.2 Å². The van der Waals surface area contributed by atoms with Crippen molar-refractivity contribution < 1.29 is 18.0 Å². The van der Waals surface area contributed by atoms with Gasteiger partial charge in [-0.05, 0) is 43.9 Å². The summed E-state index contributed by atoms with van der Waals surface area (Å²) in [7, 11) is 3.61. The SMILES string of the molecule is Cn1nccc1C(=O)N[C@H]1CC[C@@H](N(C)c2cccc3nc(C(F)(F)F)cn23)CC1. The molecule has 1 N–H and O–H groups in total. The molecular formula is C20H23F3N6O. The van der Waals surface area contributed by atoms with E-state index in [1.165, 1.54) is 9.08 Å². The highest BCUT2D eigenvalue weighted by Crippen LogP contribution is 2.31. The van der Waals surface area contributed by atoms with Crippen LogP contribution in [0.15, 0.2) is 36.7 Å². The summed E-state index contributed by atoms with van der Waals surface area (Å²) in [6.07, 6.45) is 1.39. The fourth-order valence-corrected chi connectivity index (χ4v) is 4.07. The molecule has 3 aromatic heterocycles. The average Bonchev–Trinajstić information content (AvgIpc) is 3.33. The Balaban J connectivity index is 1.43. The van der Waals surface area contributed by atoms with Crippen LogP contribution in [0.4, 0.5) is 19.0 Å². The number of rotatable bonds is 4. The first kappa shape index (κ1) is 20.2. The largest absolute Gasteiger partial charge is 0.434 e. The van der Waals surface area contributed by atoms with Crippen molar-refractivity contribution in [1.29, 1.82) is 0 Å². The monoisotopic (exact) mass is 420 g/mol. The van der Waals surface area contributed by atoms with Gasteiger partial charge in [-0.15, -0.1) is 0 Å². The topological polar surface area (TPSA) is 67.5 Å². The van der Waals surface area contributed by atoms with Gasteiger partial charge in [0.05, 0.1) is 0 Å². The van der Waals surface area contributed by atoms with Crippen LogP contribution in [0.2, 0.25) is 0 Å². The van der Waals surface area contributed by atoms with E-state index < -0.39 is 11.9 Å². The number of hydrogen-bond donors (Lipinski definition) is 1. The highest BCUT2D eigenvalue weighted by molar-refractivity contribution is 5.92. The molecule has 0 aromatic carbocycles. The van der Waals surface area contributed by atoms with Crippen LogP contribution in [0.5, 0.6) is 0 Å². The number of anilines is 1. The molecule has 0 atom stereocenters. The van der Waals surface area contributed by atoms with E-state index in [1.54, 1.807) is 37.5 Å². The summed E-state index contributed by atoms with van der Waals surface area (Å²) in [5.41, 5.74) is -0.116. The van der Waals surface area contributed by atoms with Crippen LogP contribution in [0, 0.1) is 0 Å². The summed E-state index contributed by atoms with van der Waals surface area (Å²) in [5, 5.41) is 7.07. The highest BCUT2D eigenvalue weighted by atomic mass is 19.4. The lowest BCUT2D eigenvalue weighted by atomic mass is 9.90. The maximum absolute atomic E-state index is 13.1. The number of pyridine rings is 1. The van der Waals surface area contributed by atoms with Crippen LogP contribution in [0.1, 0.15) is 41.9 Å². The third-order valence-electron chi connectivity index (χ3n) is 5.76. The van der Waals surface area contributed by atoms with E-state index in [0.717, 1.165) is 31.9 Å². The smallest absolute Gasteiger partial charge is 0.358 e. The molecule has 0 radical (unpaired) electrons. The van der Waals surface area contributed by atoms with Gasteiger partial charge in [-0.1, -0.05) is 6.07 Å². The number of halogens is 3. The number of hydrogen-bond acceptors (Lipinski definition) is 4. The van der Waals surface area contributed by atoms with Crippen LogP contribution >= 0.6 is 0 Å². The van der Waals surface area contributed by atoms with Gasteiger partial charge in [-0.2, -0.15) is 18.3 Å². The van der Waals surface area contributed by atoms with Crippen molar-refractivity contribution in [2.24, 2.45) is 7.05 Å². The normalized spacial score (nSPS) is 19.8. The Bertz CT molecular complexity index is 1050. The predicted octanol–water partition coefficient (Wildman–Crippen LogP) is 3.26. The second-order valence-electron chi connectivity index (χ2n) is 7.67. The van der Waals surface area contributed by atoms with E-state index in [1.807, 2.05) is 11.9 Å². The summed E-state index contributed by atoms with van der Waals surface area (Å²) in [5.74, 6) is 0.521. The fraction of sp³-hybridized carbons (Fsp3) is 0.450. The number of aryl methyl sites for hydroxylation is 1. The van der Waals surface area contributed by atoms with Crippen molar-refractivity contribution in [1.82, 2.24) is 24.5 Å². The number of fused-ring (bicyclic) bond motifs is 1. The first-order valence-electron chi connectivity index (χ1n) is 9.81. The van der Waals surface area contributed by atoms with E-state index in [9.17, 15) is 18.0 Å². The van der Waals surface area contributed by atoms with Crippen molar-refractivity contribution in [2.75, 3.05) is 11.9 Å². The predicted molar refractivity (Wildman–Crippen MR) is 105 cm³/mol. The van der Waals surface area contributed by atoms with Crippen LogP contribution in [-0.4, -0.2) is 44.2 Å². The minimum absolute atomic E-state index is 0.0675.